The van der Waals surface area contributed by atoms with Crippen molar-refractivity contribution in [3.05, 3.63) is 34.6 Å². The van der Waals surface area contributed by atoms with Gasteiger partial charge < -0.3 is 0 Å². The van der Waals surface area contributed by atoms with E-state index in [0.717, 1.165) is 12.8 Å². The molecule has 1 heterocycles. The van der Waals surface area contributed by atoms with Crippen molar-refractivity contribution < 1.29 is 0 Å². The summed E-state index contributed by atoms with van der Waals surface area (Å²) in [5.74, 6) is 0. The van der Waals surface area contributed by atoms with Gasteiger partial charge in [-0.1, -0.05) is 19.9 Å². The molecular weight excluding hydrogens is 146 g/mol. The second-order valence-corrected chi connectivity index (χ2v) is 3.11. The monoisotopic (exact) mass is 159 g/mol. The van der Waals surface area contributed by atoms with Crippen LogP contribution in [0.15, 0.2) is 39.6 Å². The Balaban J connectivity index is 2.43. The molecule has 0 N–H and O–H groups in total. The van der Waals surface area contributed by atoms with Gasteiger partial charge in [-0.05, 0) is 30.1 Å². The lowest BCUT2D eigenvalue weighted by molar-refractivity contribution is 1.09. The van der Waals surface area contributed by atoms with Crippen LogP contribution in [0.3, 0.4) is 0 Å². The fourth-order valence-corrected chi connectivity index (χ4v) is 1.76. The molecular formula is C11H13N. The van der Waals surface area contributed by atoms with E-state index in [1.165, 1.54) is 22.4 Å². The van der Waals surface area contributed by atoms with Crippen LogP contribution < -0.4 is 0 Å². The van der Waals surface area contributed by atoms with Gasteiger partial charge in [0.2, 0.25) is 0 Å². The van der Waals surface area contributed by atoms with Crippen molar-refractivity contribution in [1.82, 2.24) is 0 Å². The van der Waals surface area contributed by atoms with Crippen molar-refractivity contribution in [2.75, 3.05) is 0 Å². The van der Waals surface area contributed by atoms with Gasteiger partial charge in [0.05, 0.1) is 5.70 Å². The summed E-state index contributed by atoms with van der Waals surface area (Å²) >= 11 is 0. The first-order valence-corrected chi connectivity index (χ1v) is 4.55. The van der Waals surface area contributed by atoms with Crippen LogP contribution in [-0.2, 0) is 0 Å². The average Bonchev–Trinajstić information content (AvgIpc) is 2.62. The molecule has 0 amide bonds. The van der Waals surface area contributed by atoms with E-state index in [2.05, 4.69) is 31.0 Å². The van der Waals surface area contributed by atoms with Crippen LogP contribution in [-0.4, -0.2) is 6.21 Å². The second kappa shape index (κ2) is 2.74. The molecule has 1 heteroatoms. The van der Waals surface area contributed by atoms with Crippen molar-refractivity contribution >= 4 is 6.21 Å². The normalized spacial score (nSPS) is 19.8. The Labute approximate surface area is 73.2 Å². The van der Waals surface area contributed by atoms with Crippen molar-refractivity contribution in [3.8, 4) is 0 Å². The first kappa shape index (κ1) is 7.53. The molecule has 12 heavy (non-hydrogen) atoms. The number of rotatable bonds is 2. The van der Waals surface area contributed by atoms with Crippen molar-refractivity contribution in [1.29, 1.82) is 0 Å². The molecule has 0 spiro atoms. The molecule has 1 aliphatic carbocycles. The van der Waals surface area contributed by atoms with E-state index >= 15 is 0 Å². The molecule has 0 radical (unpaired) electrons. The minimum Gasteiger partial charge on any atom is -0.256 e. The molecule has 62 valence electrons. The fraction of sp³-hybridized carbons (Fsp3) is 0.364. The summed E-state index contributed by atoms with van der Waals surface area (Å²) in [6.07, 6.45) is 8.52. The summed E-state index contributed by atoms with van der Waals surface area (Å²) in [7, 11) is 0. The number of aliphatic imine (C=N–C) groups is 1. The summed E-state index contributed by atoms with van der Waals surface area (Å²) in [6.45, 7) is 4.38. The molecule has 0 fully saturated rings. The lowest BCUT2D eigenvalue weighted by Crippen LogP contribution is -1.88. The second-order valence-electron chi connectivity index (χ2n) is 3.11. The Morgan fingerprint density at radius 1 is 1.17 bits per heavy atom. The Morgan fingerprint density at radius 2 is 2.00 bits per heavy atom. The lowest BCUT2D eigenvalue weighted by Gasteiger charge is -2.03. The predicted molar refractivity (Wildman–Crippen MR) is 52.3 cm³/mol. The molecule has 0 bridgehead atoms. The van der Waals surface area contributed by atoms with Crippen LogP contribution in [0.1, 0.15) is 26.7 Å². The third-order valence-corrected chi connectivity index (χ3v) is 2.46. The molecule has 2 aliphatic rings. The zero-order chi connectivity index (χ0) is 8.55. The van der Waals surface area contributed by atoms with Crippen molar-refractivity contribution in [2.24, 2.45) is 4.99 Å². The first-order chi connectivity index (χ1) is 5.86. The standard InChI is InChI=1S/C11H13N/c1-3-8-5-6-10-11(8)9(4-2)7-12-10/h5-7H,3-4H2,1-2H3. The maximum atomic E-state index is 4.36. The molecule has 0 saturated carbocycles. The molecule has 1 aliphatic heterocycles. The SMILES string of the molecule is CCC1=CC=C2N=CC(CC)=C12. The predicted octanol–water partition coefficient (Wildman–Crippen LogP) is 3.01. The smallest absolute Gasteiger partial charge is 0.0708 e. The van der Waals surface area contributed by atoms with E-state index < -0.39 is 0 Å². The molecule has 2 rings (SSSR count). The molecule has 0 aromatic heterocycles. The zero-order valence-corrected chi connectivity index (χ0v) is 7.59. The highest BCUT2D eigenvalue weighted by atomic mass is 14.8. The van der Waals surface area contributed by atoms with E-state index in [1.807, 2.05) is 6.21 Å². The quantitative estimate of drug-likeness (QED) is 0.587. The Hall–Kier alpha value is -1.11. The topological polar surface area (TPSA) is 12.4 Å². The first-order valence-electron chi connectivity index (χ1n) is 4.55. The molecule has 0 aromatic rings. The third-order valence-electron chi connectivity index (χ3n) is 2.46. The van der Waals surface area contributed by atoms with Gasteiger partial charge in [0.1, 0.15) is 0 Å². The summed E-state index contributed by atoms with van der Waals surface area (Å²) in [4.78, 5) is 4.36. The maximum Gasteiger partial charge on any atom is 0.0708 e. The number of fused-ring (bicyclic) bond motifs is 1. The van der Waals surface area contributed by atoms with Crippen LogP contribution in [0, 0.1) is 0 Å². The highest BCUT2D eigenvalue weighted by Gasteiger charge is 2.20. The summed E-state index contributed by atoms with van der Waals surface area (Å²) in [5, 5.41) is 0. The van der Waals surface area contributed by atoms with Crippen molar-refractivity contribution in [2.45, 2.75) is 26.7 Å². The molecule has 0 atom stereocenters. The zero-order valence-electron chi connectivity index (χ0n) is 7.59. The lowest BCUT2D eigenvalue weighted by atomic mass is 10.0. The number of allylic oxidation sites excluding steroid dienone is 4. The highest BCUT2D eigenvalue weighted by molar-refractivity contribution is 5.89. The largest absolute Gasteiger partial charge is 0.256 e. The molecule has 0 unspecified atom stereocenters. The van der Waals surface area contributed by atoms with E-state index in [-0.39, 0.29) is 0 Å². The minimum absolute atomic E-state index is 1.09. The van der Waals surface area contributed by atoms with E-state index in [1.54, 1.807) is 0 Å². The Kier molecular flexibility index (Phi) is 1.72. The number of hydrogen-bond acceptors (Lipinski definition) is 1. The molecule has 1 nitrogen and oxygen atoms in total. The van der Waals surface area contributed by atoms with Gasteiger partial charge in [-0.25, -0.2) is 0 Å². The van der Waals surface area contributed by atoms with Gasteiger partial charge in [0.15, 0.2) is 0 Å². The molecule has 0 saturated heterocycles. The Morgan fingerprint density at radius 3 is 2.67 bits per heavy atom. The summed E-state index contributed by atoms with van der Waals surface area (Å²) < 4.78 is 0. The van der Waals surface area contributed by atoms with Crippen LogP contribution in [0.5, 0.6) is 0 Å². The number of hydrogen-bond donors (Lipinski definition) is 0. The highest BCUT2D eigenvalue weighted by Crippen LogP contribution is 2.35. The van der Waals surface area contributed by atoms with Crippen LogP contribution in [0.2, 0.25) is 0 Å². The molecule has 0 aromatic carbocycles. The van der Waals surface area contributed by atoms with Crippen LogP contribution >= 0.6 is 0 Å². The minimum atomic E-state index is 1.09. The Bertz CT molecular complexity index is 327. The average molecular weight is 159 g/mol. The third kappa shape index (κ3) is 0.893. The van der Waals surface area contributed by atoms with Gasteiger partial charge >= 0.3 is 0 Å². The van der Waals surface area contributed by atoms with E-state index in [9.17, 15) is 0 Å². The summed E-state index contributed by atoms with van der Waals surface area (Å²) in [6, 6.07) is 0. The fourth-order valence-electron chi connectivity index (χ4n) is 1.76. The van der Waals surface area contributed by atoms with Crippen molar-refractivity contribution in [3.63, 3.8) is 0 Å². The van der Waals surface area contributed by atoms with Gasteiger partial charge in [-0.15, -0.1) is 0 Å². The van der Waals surface area contributed by atoms with Crippen LogP contribution in [0.4, 0.5) is 0 Å². The number of nitrogens with zero attached hydrogens (tertiary/aromatic N) is 1. The van der Waals surface area contributed by atoms with Crippen LogP contribution in [0.25, 0.3) is 0 Å². The van der Waals surface area contributed by atoms with Gasteiger partial charge in [0.25, 0.3) is 0 Å². The van der Waals surface area contributed by atoms with Gasteiger partial charge in [-0.2, -0.15) is 0 Å². The maximum absolute atomic E-state index is 4.36. The van der Waals surface area contributed by atoms with Gasteiger partial charge in [0, 0.05) is 11.8 Å². The summed E-state index contributed by atoms with van der Waals surface area (Å²) in [5.41, 5.74) is 5.41. The van der Waals surface area contributed by atoms with E-state index in [0.29, 0.717) is 0 Å². The van der Waals surface area contributed by atoms with E-state index in [4.69, 9.17) is 0 Å². The van der Waals surface area contributed by atoms with Gasteiger partial charge in [-0.3, -0.25) is 4.99 Å².